The normalized spacial score (nSPS) is 23.6. The maximum absolute atomic E-state index is 4.46. The summed E-state index contributed by atoms with van der Waals surface area (Å²) in [6.07, 6.45) is 9.05. The SMILES string of the molecule is Brc1ccc([C@H](C2CCCCC2)N2CCNCC2)cn1. The summed E-state index contributed by atoms with van der Waals surface area (Å²) in [5.41, 5.74) is 1.40. The van der Waals surface area contributed by atoms with Crippen molar-refractivity contribution in [1.82, 2.24) is 15.2 Å². The first-order valence-corrected chi connectivity index (χ1v) is 8.70. The molecule has 1 saturated heterocycles. The third-order valence-corrected chi connectivity index (χ3v) is 5.20. The zero-order valence-corrected chi connectivity index (χ0v) is 13.6. The fraction of sp³-hybridized carbons (Fsp3) is 0.688. The fourth-order valence-corrected chi connectivity index (χ4v) is 3.99. The van der Waals surface area contributed by atoms with Crippen LogP contribution in [0.4, 0.5) is 0 Å². The van der Waals surface area contributed by atoms with Gasteiger partial charge in [0.05, 0.1) is 0 Å². The lowest BCUT2D eigenvalue weighted by Crippen LogP contribution is -2.47. The van der Waals surface area contributed by atoms with Gasteiger partial charge < -0.3 is 5.32 Å². The van der Waals surface area contributed by atoms with Crippen molar-refractivity contribution in [3.8, 4) is 0 Å². The van der Waals surface area contributed by atoms with E-state index < -0.39 is 0 Å². The van der Waals surface area contributed by atoms with Crippen LogP contribution in [0.5, 0.6) is 0 Å². The highest BCUT2D eigenvalue weighted by atomic mass is 79.9. The van der Waals surface area contributed by atoms with Crippen LogP contribution in [0.1, 0.15) is 43.7 Å². The van der Waals surface area contributed by atoms with Crippen molar-refractivity contribution in [2.45, 2.75) is 38.1 Å². The minimum atomic E-state index is 0.568. The molecule has 0 radical (unpaired) electrons. The number of hydrogen-bond acceptors (Lipinski definition) is 3. The molecule has 0 amide bonds. The van der Waals surface area contributed by atoms with Gasteiger partial charge in [0.25, 0.3) is 0 Å². The molecule has 20 heavy (non-hydrogen) atoms. The lowest BCUT2D eigenvalue weighted by molar-refractivity contribution is 0.103. The Balaban J connectivity index is 1.83. The van der Waals surface area contributed by atoms with E-state index in [9.17, 15) is 0 Å². The van der Waals surface area contributed by atoms with Crippen LogP contribution in [-0.2, 0) is 0 Å². The van der Waals surface area contributed by atoms with Gasteiger partial charge in [-0.25, -0.2) is 4.98 Å². The van der Waals surface area contributed by atoms with E-state index in [0.29, 0.717) is 6.04 Å². The van der Waals surface area contributed by atoms with Crippen LogP contribution in [0.25, 0.3) is 0 Å². The quantitative estimate of drug-likeness (QED) is 0.857. The number of piperazine rings is 1. The Morgan fingerprint density at radius 1 is 1.15 bits per heavy atom. The summed E-state index contributed by atoms with van der Waals surface area (Å²) < 4.78 is 0.934. The zero-order chi connectivity index (χ0) is 13.8. The first-order valence-electron chi connectivity index (χ1n) is 7.91. The lowest BCUT2D eigenvalue weighted by Gasteiger charge is -2.41. The van der Waals surface area contributed by atoms with E-state index in [1.807, 2.05) is 0 Å². The van der Waals surface area contributed by atoms with E-state index in [1.165, 1.54) is 37.7 Å². The van der Waals surface area contributed by atoms with Crippen LogP contribution in [0, 0.1) is 5.92 Å². The molecule has 0 spiro atoms. The highest BCUT2D eigenvalue weighted by molar-refractivity contribution is 9.10. The largest absolute Gasteiger partial charge is 0.314 e. The minimum absolute atomic E-state index is 0.568. The third-order valence-electron chi connectivity index (χ3n) is 4.73. The van der Waals surface area contributed by atoms with E-state index in [4.69, 9.17) is 0 Å². The van der Waals surface area contributed by atoms with E-state index in [0.717, 1.165) is 36.7 Å². The average Bonchev–Trinajstić information content (AvgIpc) is 2.52. The summed E-state index contributed by atoms with van der Waals surface area (Å²) in [4.78, 5) is 7.14. The van der Waals surface area contributed by atoms with E-state index in [2.05, 4.69) is 49.5 Å². The molecular weight excluding hydrogens is 314 g/mol. The minimum Gasteiger partial charge on any atom is -0.314 e. The molecule has 1 N–H and O–H groups in total. The second kappa shape index (κ2) is 7.01. The summed E-state index contributed by atoms with van der Waals surface area (Å²) in [6.45, 7) is 4.56. The van der Waals surface area contributed by atoms with Gasteiger partial charge in [-0.2, -0.15) is 0 Å². The second-order valence-electron chi connectivity index (χ2n) is 6.04. The van der Waals surface area contributed by atoms with Crippen LogP contribution >= 0.6 is 15.9 Å². The van der Waals surface area contributed by atoms with Crippen molar-refractivity contribution < 1.29 is 0 Å². The molecule has 0 unspecified atom stereocenters. The second-order valence-corrected chi connectivity index (χ2v) is 6.86. The Hall–Kier alpha value is -0.450. The Morgan fingerprint density at radius 3 is 2.55 bits per heavy atom. The van der Waals surface area contributed by atoms with Crippen molar-refractivity contribution in [1.29, 1.82) is 0 Å². The molecule has 3 rings (SSSR count). The van der Waals surface area contributed by atoms with Gasteiger partial charge >= 0.3 is 0 Å². The Morgan fingerprint density at radius 2 is 1.90 bits per heavy atom. The van der Waals surface area contributed by atoms with Crippen LogP contribution in [-0.4, -0.2) is 36.1 Å². The molecule has 0 bridgehead atoms. The molecule has 1 aliphatic carbocycles. The van der Waals surface area contributed by atoms with Gasteiger partial charge in [-0.05, 0) is 46.3 Å². The predicted molar refractivity (Wildman–Crippen MR) is 85.7 cm³/mol. The Labute approximate surface area is 130 Å². The Kier molecular flexibility index (Phi) is 5.08. The van der Waals surface area contributed by atoms with Crippen molar-refractivity contribution in [3.05, 3.63) is 28.5 Å². The van der Waals surface area contributed by atoms with Crippen molar-refractivity contribution in [2.75, 3.05) is 26.2 Å². The van der Waals surface area contributed by atoms with Crippen LogP contribution in [0.2, 0.25) is 0 Å². The molecule has 2 aliphatic rings. The topological polar surface area (TPSA) is 28.2 Å². The molecule has 1 saturated carbocycles. The molecule has 2 heterocycles. The summed E-state index contributed by atoms with van der Waals surface area (Å²) in [5, 5.41) is 3.47. The first-order chi connectivity index (χ1) is 9.84. The summed E-state index contributed by atoms with van der Waals surface area (Å²) in [6, 6.07) is 4.92. The maximum atomic E-state index is 4.46. The standard InChI is InChI=1S/C16H24BrN3/c17-15-7-6-14(12-19-15)16(13-4-2-1-3-5-13)20-10-8-18-9-11-20/h6-7,12-13,16,18H,1-5,8-11H2/t16-/m0/s1. The molecule has 4 heteroatoms. The molecule has 1 aromatic heterocycles. The highest BCUT2D eigenvalue weighted by Gasteiger charge is 2.30. The molecular formula is C16H24BrN3. The smallest absolute Gasteiger partial charge is 0.106 e. The summed E-state index contributed by atoms with van der Waals surface area (Å²) in [7, 11) is 0. The summed E-state index contributed by atoms with van der Waals surface area (Å²) >= 11 is 3.45. The van der Waals surface area contributed by atoms with E-state index in [1.54, 1.807) is 0 Å². The van der Waals surface area contributed by atoms with Gasteiger partial charge in [-0.3, -0.25) is 4.90 Å². The monoisotopic (exact) mass is 337 g/mol. The summed E-state index contributed by atoms with van der Waals surface area (Å²) in [5.74, 6) is 0.810. The van der Waals surface area contributed by atoms with Gasteiger partial charge in [0.1, 0.15) is 4.60 Å². The number of halogens is 1. The van der Waals surface area contributed by atoms with Gasteiger partial charge in [0.15, 0.2) is 0 Å². The molecule has 1 atom stereocenters. The first kappa shape index (κ1) is 14.5. The molecule has 1 aromatic rings. The maximum Gasteiger partial charge on any atom is 0.106 e. The van der Waals surface area contributed by atoms with Crippen molar-refractivity contribution in [3.63, 3.8) is 0 Å². The fourth-order valence-electron chi connectivity index (χ4n) is 3.75. The lowest BCUT2D eigenvalue weighted by atomic mass is 9.80. The molecule has 1 aliphatic heterocycles. The van der Waals surface area contributed by atoms with Gasteiger partial charge in [-0.1, -0.05) is 25.3 Å². The molecule has 0 aromatic carbocycles. The third kappa shape index (κ3) is 3.41. The van der Waals surface area contributed by atoms with Crippen LogP contribution < -0.4 is 5.32 Å². The number of nitrogens with zero attached hydrogens (tertiary/aromatic N) is 2. The van der Waals surface area contributed by atoms with Crippen LogP contribution in [0.3, 0.4) is 0 Å². The number of pyridine rings is 1. The van der Waals surface area contributed by atoms with Gasteiger partial charge in [0.2, 0.25) is 0 Å². The van der Waals surface area contributed by atoms with Gasteiger partial charge in [-0.15, -0.1) is 0 Å². The Bertz CT molecular complexity index is 390. The van der Waals surface area contributed by atoms with Crippen LogP contribution in [0.15, 0.2) is 22.9 Å². The number of nitrogens with one attached hydrogen (secondary N) is 1. The highest BCUT2D eigenvalue weighted by Crippen LogP contribution is 2.38. The predicted octanol–water partition coefficient (Wildman–Crippen LogP) is 3.37. The van der Waals surface area contributed by atoms with Gasteiger partial charge in [0, 0.05) is 38.4 Å². The van der Waals surface area contributed by atoms with Crippen molar-refractivity contribution in [2.24, 2.45) is 5.92 Å². The molecule has 2 fully saturated rings. The zero-order valence-electron chi connectivity index (χ0n) is 12.0. The number of aromatic nitrogens is 1. The number of hydrogen-bond donors (Lipinski definition) is 1. The number of rotatable bonds is 3. The van der Waals surface area contributed by atoms with Crippen molar-refractivity contribution >= 4 is 15.9 Å². The van der Waals surface area contributed by atoms with E-state index >= 15 is 0 Å². The average molecular weight is 338 g/mol. The van der Waals surface area contributed by atoms with E-state index in [-0.39, 0.29) is 0 Å². The molecule has 3 nitrogen and oxygen atoms in total. The molecule has 110 valence electrons.